The number of methoxy groups -OCH3 is 2. The number of rotatable bonds is 9. The van der Waals surface area contributed by atoms with E-state index in [1.54, 1.807) is 13.2 Å². The molecule has 2 aromatic carbocycles. The standard InChI is InChI=1S/C21H25NO5/c1-4-15(16-5-7-19(27-3)8-6-16)12-20(23)22-18-10-14(13-26-2)9-17(11-18)21(24)25/h5-11,15H,4,12-13H2,1-3H3,(H,22,23)(H,24,25). The van der Waals surface area contributed by atoms with E-state index in [2.05, 4.69) is 5.32 Å². The molecule has 27 heavy (non-hydrogen) atoms. The van der Waals surface area contributed by atoms with Crippen LogP contribution in [0.3, 0.4) is 0 Å². The summed E-state index contributed by atoms with van der Waals surface area (Å²) in [6, 6.07) is 12.4. The summed E-state index contributed by atoms with van der Waals surface area (Å²) in [6.45, 7) is 2.30. The van der Waals surface area contributed by atoms with Gasteiger partial charge in [0.05, 0.1) is 19.3 Å². The van der Waals surface area contributed by atoms with E-state index in [0.29, 0.717) is 17.7 Å². The van der Waals surface area contributed by atoms with Crippen molar-refractivity contribution in [3.63, 3.8) is 0 Å². The molecule has 0 aliphatic rings. The quantitative estimate of drug-likeness (QED) is 0.694. The predicted molar refractivity (Wildman–Crippen MR) is 103 cm³/mol. The van der Waals surface area contributed by atoms with Crippen LogP contribution in [-0.4, -0.2) is 31.2 Å². The van der Waals surface area contributed by atoms with Crippen molar-refractivity contribution >= 4 is 17.6 Å². The fraction of sp³-hybridized carbons (Fsp3) is 0.333. The molecule has 0 spiro atoms. The Hall–Kier alpha value is -2.86. The topological polar surface area (TPSA) is 84.9 Å². The third-order valence-electron chi connectivity index (χ3n) is 4.35. The normalized spacial score (nSPS) is 11.7. The third kappa shape index (κ3) is 5.82. The van der Waals surface area contributed by atoms with Crippen LogP contribution in [0.4, 0.5) is 5.69 Å². The Balaban J connectivity index is 2.11. The number of hydrogen-bond acceptors (Lipinski definition) is 4. The molecule has 6 nitrogen and oxygen atoms in total. The van der Waals surface area contributed by atoms with E-state index in [9.17, 15) is 14.7 Å². The van der Waals surface area contributed by atoms with E-state index in [4.69, 9.17) is 9.47 Å². The van der Waals surface area contributed by atoms with Gasteiger partial charge in [-0.3, -0.25) is 4.79 Å². The Morgan fingerprint density at radius 2 is 1.81 bits per heavy atom. The molecule has 0 fully saturated rings. The summed E-state index contributed by atoms with van der Waals surface area (Å²) >= 11 is 0. The van der Waals surface area contributed by atoms with Gasteiger partial charge in [-0.15, -0.1) is 0 Å². The van der Waals surface area contributed by atoms with Crippen molar-refractivity contribution in [2.24, 2.45) is 0 Å². The Morgan fingerprint density at radius 1 is 1.11 bits per heavy atom. The van der Waals surface area contributed by atoms with Gasteiger partial charge in [0, 0.05) is 19.2 Å². The molecule has 0 aromatic heterocycles. The van der Waals surface area contributed by atoms with Gasteiger partial charge in [0.25, 0.3) is 0 Å². The first-order chi connectivity index (χ1) is 13.0. The first kappa shape index (κ1) is 20.5. The van der Waals surface area contributed by atoms with Crippen LogP contribution in [-0.2, 0) is 16.1 Å². The Morgan fingerprint density at radius 3 is 2.37 bits per heavy atom. The highest BCUT2D eigenvalue weighted by atomic mass is 16.5. The number of carbonyl (C=O) groups excluding carboxylic acids is 1. The number of ether oxygens (including phenoxy) is 2. The van der Waals surface area contributed by atoms with Gasteiger partial charge in [0.1, 0.15) is 5.75 Å². The second-order valence-electron chi connectivity index (χ2n) is 6.29. The second-order valence-corrected chi connectivity index (χ2v) is 6.29. The molecule has 0 saturated heterocycles. The largest absolute Gasteiger partial charge is 0.497 e. The average molecular weight is 371 g/mol. The number of carboxylic acids is 1. The van der Waals surface area contributed by atoms with Gasteiger partial charge >= 0.3 is 5.97 Å². The SMILES string of the molecule is CCC(CC(=O)Nc1cc(COC)cc(C(=O)O)c1)c1ccc(OC)cc1. The van der Waals surface area contributed by atoms with Crippen LogP contribution in [0.25, 0.3) is 0 Å². The molecule has 0 aliphatic carbocycles. The fourth-order valence-corrected chi connectivity index (χ4v) is 2.95. The molecule has 2 N–H and O–H groups in total. The smallest absolute Gasteiger partial charge is 0.335 e. The van der Waals surface area contributed by atoms with E-state index in [1.807, 2.05) is 31.2 Å². The highest BCUT2D eigenvalue weighted by Crippen LogP contribution is 2.26. The van der Waals surface area contributed by atoms with Gasteiger partial charge < -0.3 is 19.9 Å². The maximum atomic E-state index is 12.5. The van der Waals surface area contributed by atoms with E-state index in [0.717, 1.165) is 17.7 Å². The monoisotopic (exact) mass is 371 g/mol. The maximum Gasteiger partial charge on any atom is 0.335 e. The molecular weight excluding hydrogens is 346 g/mol. The van der Waals surface area contributed by atoms with Crippen molar-refractivity contribution in [2.45, 2.75) is 32.3 Å². The minimum absolute atomic E-state index is 0.0667. The van der Waals surface area contributed by atoms with Gasteiger partial charge in [-0.1, -0.05) is 19.1 Å². The Bertz CT molecular complexity index is 786. The van der Waals surface area contributed by atoms with Crippen LogP contribution in [0, 0.1) is 0 Å². The highest BCUT2D eigenvalue weighted by Gasteiger charge is 2.16. The summed E-state index contributed by atoms with van der Waals surface area (Å²) in [5, 5.41) is 12.1. The van der Waals surface area contributed by atoms with Crippen LogP contribution in [0.2, 0.25) is 0 Å². The van der Waals surface area contributed by atoms with Gasteiger partial charge in [-0.25, -0.2) is 4.79 Å². The summed E-state index contributed by atoms with van der Waals surface area (Å²) in [4.78, 5) is 23.8. The summed E-state index contributed by atoms with van der Waals surface area (Å²) in [6.07, 6.45) is 1.11. The number of anilines is 1. The van der Waals surface area contributed by atoms with Crippen molar-refractivity contribution in [2.75, 3.05) is 19.5 Å². The molecule has 2 rings (SSSR count). The predicted octanol–water partition coefficient (Wildman–Crippen LogP) is 4.06. The zero-order chi connectivity index (χ0) is 19.8. The number of carbonyl (C=O) groups is 2. The second kappa shape index (κ2) is 9.73. The lowest BCUT2D eigenvalue weighted by Gasteiger charge is -2.16. The number of aromatic carboxylic acids is 1. The van der Waals surface area contributed by atoms with E-state index in [1.165, 1.54) is 19.2 Å². The van der Waals surface area contributed by atoms with Gasteiger partial charge in [0.2, 0.25) is 5.91 Å². The van der Waals surface area contributed by atoms with E-state index >= 15 is 0 Å². The molecule has 2 aromatic rings. The Kier molecular flexibility index (Phi) is 7.37. The van der Waals surface area contributed by atoms with Crippen molar-refractivity contribution in [3.8, 4) is 5.75 Å². The van der Waals surface area contributed by atoms with E-state index in [-0.39, 0.29) is 24.0 Å². The summed E-state index contributed by atoms with van der Waals surface area (Å²) in [5.74, 6) is -0.372. The van der Waals surface area contributed by atoms with Crippen LogP contribution < -0.4 is 10.1 Å². The van der Waals surface area contributed by atoms with E-state index < -0.39 is 5.97 Å². The molecule has 144 valence electrons. The number of nitrogens with one attached hydrogen (secondary N) is 1. The third-order valence-corrected chi connectivity index (χ3v) is 4.35. The molecule has 0 heterocycles. The van der Waals surface area contributed by atoms with Gasteiger partial charge in [-0.05, 0) is 53.8 Å². The molecule has 1 atom stereocenters. The fourth-order valence-electron chi connectivity index (χ4n) is 2.95. The van der Waals surface area contributed by atoms with Crippen molar-refractivity contribution < 1.29 is 24.2 Å². The molecular formula is C21H25NO5. The zero-order valence-electron chi connectivity index (χ0n) is 15.8. The lowest BCUT2D eigenvalue weighted by molar-refractivity contribution is -0.116. The lowest BCUT2D eigenvalue weighted by Crippen LogP contribution is -2.16. The van der Waals surface area contributed by atoms with Crippen LogP contribution in [0.1, 0.15) is 47.2 Å². The first-order valence-corrected chi connectivity index (χ1v) is 8.76. The first-order valence-electron chi connectivity index (χ1n) is 8.76. The van der Waals surface area contributed by atoms with Crippen LogP contribution >= 0.6 is 0 Å². The maximum absolute atomic E-state index is 12.5. The summed E-state index contributed by atoms with van der Waals surface area (Å²) in [7, 11) is 3.15. The number of benzene rings is 2. The molecule has 1 amide bonds. The number of amides is 1. The minimum atomic E-state index is -1.05. The minimum Gasteiger partial charge on any atom is -0.497 e. The molecule has 1 unspecified atom stereocenters. The summed E-state index contributed by atoms with van der Waals surface area (Å²) in [5.41, 5.74) is 2.32. The van der Waals surface area contributed by atoms with Crippen LogP contribution in [0.15, 0.2) is 42.5 Å². The molecule has 0 bridgehead atoms. The van der Waals surface area contributed by atoms with Crippen molar-refractivity contribution in [1.29, 1.82) is 0 Å². The molecule has 6 heteroatoms. The van der Waals surface area contributed by atoms with Gasteiger partial charge in [0.15, 0.2) is 0 Å². The van der Waals surface area contributed by atoms with Crippen molar-refractivity contribution in [3.05, 3.63) is 59.2 Å². The molecule has 0 aliphatic heterocycles. The average Bonchev–Trinajstić information content (AvgIpc) is 2.66. The van der Waals surface area contributed by atoms with Gasteiger partial charge in [-0.2, -0.15) is 0 Å². The number of carboxylic acid groups (broad SMARTS) is 1. The van der Waals surface area contributed by atoms with Crippen molar-refractivity contribution in [1.82, 2.24) is 0 Å². The lowest BCUT2D eigenvalue weighted by atomic mass is 9.93. The molecule has 0 saturated carbocycles. The highest BCUT2D eigenvalue weighted by molar-refractivity contribution is 5.94. The van der Waals surface area contributed by atoms with Crippen LogP contribution in [0.5, 0.6) is 5.75 Å². The number of hydrogen-bond donors (Lipinski definition) is 2. The molecule has 0 radical (unpaired) electrons. The zero-order valence-corrected chi connectivity index (χ0v) is 15.8. The Labute approximate surface area is 159 Å². The summed E-state index contributed by atoms with van der Waals surface area (Å²) < 4.78 is 10.2.